The summed E-state index contributed by atoms with van der Waals surface area (Å²) in [5, 5.41) is 0. The molecule has 0 atom stereocenters. The second-order valence-electron chi connectivity index (χ2n) is 5.30. The van der Waals surface area contributed by atoms with Crippen molar-refractivity contribution in [3.8, 4) is 0 Å². The maximum Gasteiger partial charge on any atom is 0.277 e. The third-order valence-corrected chi connectivity index (χ3v) is 3.56. The predicted octanol–water partition coefficient (Wildman–Crippen LogP) is 1.79. The molecule has 0 bridgehead atoms. The molecule has 0 saturated heterocycles. The molecule has 0 aromatic carbocycles. The van der Waals surface area contributed by atoms with Crippen LogP contribution in [0.15, 0.2) is 30.7 Å². The van der Waals surface area contributed by atoms with E-state index in [1.165, 1.54) is 9.30 Å². The second kappa shape index (κ2) is 5.25. The Morgan fingerprint density at radius 3 is 2.86 bits per heavy atom. The lowest BCUT2D eigenvalue weighted by atomic mass is 10.3. The third kappa shape index (κ3) is 2.34. The van der Waals surface area contributed by atoms with Crippen LogP contribution in [0.2, 0.25) is 0 Å². The molecule has 3 aromatic rings. The molecule has 0 N–H and O–H groups in total. The van der Waals surface area contributed by atoms with Gasteiger partial charge in [-0.05, 0) is 18.6 Å². The van der Waals surface area contributed by atoms with Crippen molar-refractivity contribution in [3.63, 3.8) is 0 Å². The highest BCUT2D eigenvalue weighted by atomic mass is 19.1. The van der Waals surface area contributed by atoms with E-state index in [0.29, 0.717) is 5.65 Å². The van der Waals surface area contributed by atoms with Gasteiger partial charge in [0.05, 0.1) is 6.54 Å². The summed E-state index contributed by atoms with van der Waals surface area (Å²) < 4.78 is 17.5. The number of fused-ring (bicyclic) bond motifs is 1. The number of pyridine rings is 1. The van der Waals surface area contributed by atoms with Crippen molar-refractivity contribution >= 4 is 11.6 Å². The standard InChI is InChI=1S/C15H16FN5O/c1-10-4-5-11-18-13(14(16)21(11)8-10)15(22)20(3)9-12-17-6-7-19(12)2/h4-8H,9H2,1-3H3. The number of carbonyl (C=O) groups is 1. The highest BCUT2D eigenvalue weighted by molar-refractivity contribution is 5.93. The molecule has 3 rings (SSSR count). The molecule has 114 valence electrons. The summed E-state index contributed by atoms with van der Waals surface area (Å²) in [6.07, 6.45) is 5.07. The molecule has 0 fully saturated rings. The van der Waals surface area contributed by atoms with Gasteiger partial charge in [-0.3, -0.25) is 9.20 Å². The van der Waals surface area contributed by atoms with Crippen molar-refractivity contribution in [3.05, 3.63) is 53.8 Å². The first kappa shape index (κ1) is 14.2. The molecule has 1 amide bonds. The van der Waals surface area contributed by atoms with Crippen LogP contribution in [0.1, 0.15) is 21.9 Å². The van der Waals surface area contributed by atoms with E-state index >= 15 is 0 Å². The lowest BCUT2D eigenvalue weighted by molar-refractivity contribution is 0.0770. The summed E-state index contributed by atoms with van der Waals surface area (Å²) in [6.45, 7) is 2.14. The molecular weight excluding hydrogens is 285 g/mol. The molecule has 0 saturated carbocycles. The Bertz CT molecular complexity index is 851. The summed E-state index contributed by atoms with van der Waals surface area (Å²) in [5.74, 6) is -0.395. The average molecular weight is 301 g/mol. The molecule has 3 aromatic heterocycles. The first-order chi connectivity index (χ1) is 10.5. The van der Waals surface area contributed by atoms with Gasteiger partial charge < -0.3 is 9.47 Å². The minimum atomic E-state index is -0.643. The summed E-state index contributed by atoms with van der Waals surface area (Å²) in [7, 11) is 3.45. The van der Waals surface area contributed by atoms with Crippen molar-refractivity contribution in [2.45, 2.75) is 13.5 Å². The van der Waals surface area contributed by atoms with E-state index in [2.05, 4.69) is 9.97 Å². The van der Waals surface area contributed by atoms with E-state index in [9.17, 15) is 9.18 Å². The van der Waals surface area contributed by atoms with Crippen LogP contribution in [0.3, 0.4) is 0 Å². The van der Waals surface area contributed by atoms with Crippen LogP contribution in [-0.2, 0) is 13.6 Å². The Kier molecular flexibility index (Phi) is 3.40. The van der Waals surface area contributed by atoms with E-state index in [-0.39, 0.29) is 12.2 Å². The normalized spacial score (nSPS) is 11.1. The fourth-order valence-corrected chi connectivity index (χ4v) is 2.27. The lowest BCUT2D eigenvalue weighted by Crippen LogP contribution is -2.28. The molecule has 3 heterocycles. The number of hydrogen-bond acceptors (Lipinski definition) is 3. The molecule has 7 heteroatoms. The van der Waals surface area contributed by atoms with Crippen molar-refractivity contribution < 1.29 is 9.18 Å². The van der Waals surface area contributed by atoms with Gasteiger partial charge in [0.15, 0.2) is 5.69 Å². The summed E-state index contributed by atoms with van der Waals surface area (Å²) in [4.78, 5) is 22.1. The quantitative estimate of drug-likeness (QED) is 0.741. The minimum Gasteiger partial charge on any atom is -0.337 e. The maximum absolute atomic E-state index is 14.4. The molecule has 6 nitrogen and oxygen atoms in total. The SMILES string of the molecule is Cc1ccc2nc(C(=O)N(C)Cc3nccn3C)c(F)n2c1. The Labute approximate surface area is 126 Å². The number of aryl methyl sites for hydroxylation is 2. The molecular formula is C15H16FN5O. The topological polar surface area (TPSA) is 55.4 Å². The number of halogens is 1. The fourth-order valence-electron chi connectivity index (χ4n) is 2.27. The number of rotatable bonds is 3. The summed E-state index contributed by atoms with van der Waals surface area (Å²) >= 11 is 0. The highest BCUT2D eigenvalue weighted by Crippen LogP contribution is 2.15. The van der Waals surface area contributed by atoms with Gasteiger partial charge in [0.25, 0.3) is 5.91 Å². The Morgan fingerprint density at radius 2 is 2.18 bits per heavy atom. The van der Waals surface area contributed by atoms with Crippen LogP contribution >= 0.6 is 0 Å². The number of imidazole rings is 2. The number of amides is 1. The van der Waals surface area contributed by atoms with E-state index in [4.69, 9.17) is 0 Å². The first-order valence-electron chi connectivity index (χ1n) is 6.83. The number of aromatic nitrogens is 4. The molecule has 22 heavy (non-hydrogen) atoms. The minimum absolute atomic E-state index is 0.178. The van der Waals surface area contributed by atoms with E-state index in [0.717, 1.165) is 11.4 Å². The second-order valence-corrected chi connectivity index (χ2v) is 5.30. The van der Waals surface area contributed by atoms with Gasteiger partial charge in [-0.1, -0.05) is 6.07 Å². The summed E-state index contributed by atoms with van der Waals surface area (Å²) in [5.41, 5.74) is 1.13. The van der Waals surface area contributed by atoms with Crippen molar-refractivity contribution in [1.29, 1.82) is 0 Å². The fraction of sp³-hybridized carbons (Fsp3) is 0.267. The number of nitrogens with zero attached hydrogens (tertiary/aromatic N) is 5. The number of carbonyl (C=O) groups excluding carboxylic acids is 1. The zero-order valence-corrected chi connectivity index (χ0v) is 12.6. The Morgan fingerprint density at radius 1 is 1.41 bits per heavy atom. The highest BCUT2D eigenvalue weighted by Gasteiger charge is 2.23. The predicted molar refractivity (Wildman–Crippen MR) is 78.9 cm³/mol. The first-order valence-corrected chi connectivity index (χ1v) is 6.83. The van der Waals surface area contributed by atoms with Gasteiger partial charge in [0, 0.05) is 32.7 Å². The molecule has 0 radical (unpaired) electrons. The monoisotopic (exact) mass is 301 g/mol. The van der Waals surface area contributed by atoms with Crippen LogP contribution in [0.5, 0.6) is 0 Å². The van der Waals surface area contributed by atoms with E-state index in [1.807, 2.05) is 24.6 Å². The zero-order chi connectivity index (χ0) is 15.9. The van der Waals surface area contributed by atoms with Gasteiger partial charge in [-0.2, -0.15) is 4.39 Å². The van der Waals surface area contributed by atoms with Crippen LogP contribution < -0.4 is 0 Å². The van der Waals surface area contributed by atoms with E-state index < -0.39 is 11.9 Å². The zero-order valence-electron chi connectivity index (χ0n) is 12.6. The number of hydrogen-bond donors (Lipinski definition) is 0. The van der Waals surface area contributed by atoms with Crippen molar-refractivity contribution in [2.24, 2.45) is 7.05 Å². The molecule has 0 spiro atoms. The van der Waals surface area contributed by atoms with Crippen LogP contribution in [0, 0.1) is 12.9 Å². The average Bonchev–Trinajstić information content (AvgIpc) is 3.03. The molecule has 0 aliphatic heterocycles. The molecule has 0 aliphatic carbocycles. The van der Waals surface area contributed by atoms with Gasteiger partial charge in [-0.25, -0.2) is 9.97 Å². The molecule has 0 unspecified atom stereocenters. The van der Waals surface area contributed by atoms with Crippen LogP contribution in [0.4, 0.5) is 4.39 Å². The smallest absolute Gasteiger partial charge is 0.277 e. The molecule has 0 aliphatic rings. The van der Waals surface area contributed by atoms with Gasteiger partial charge >= 0.3 is 0 Å². The van der Waals surface area contributed by atoms with Crippen LogP contribution in [0.25, 0.3) is 5.65 Å². The van der Waals surface area contributed by atoms with Crippen molar-refractivity contribution in [2.75, 3.05) is 7.05 Å². The third-order valence-electron chi connectivity index (χ3n) is 3.56. The lowest BCUT2D eigenvalue weighted by Gasteiger charge is -2.15. The van der Waals surface area contributed by atoms with Crippen molar-refractivity contribution in [1.82, 2.24) is 23.8 Å². The van der Waals surface area contributed by atoms with Gasteiger partial charge in [-0.15, -0.1) is 0 Å². The van der Waals surface area contributed by atoms with E-state index in [1.54, 1.807) is 31.7 Å². The van der Waals surface area contributed by atoms with Crippen LogP contribution in [-0.4, -0.2) is 36.8 Å². The summed E-state index contributed by atoms with van der Waals surface area (Å²) in [6, 6.07) is 3.52. The Hall–Kier alpha value is -2.70. The van der Waals surface area contributed by atoms with Gasteiger partial charge in [0.1, 0.15) is 11.5 Å². The largest absolute Gasteiger partial charge is 0.337 e. The Balaban J connectivity index is 1.91. The van der Waals surface area contributed by atoms with Gasteiger partial charge in [0.2, 0.25) is 5.95 Å². The maximum atomic E-state index is 14.4.